The van der Waals surface area contributed by atoms with E-state index < -0.39 is 9.84 Å². The summed E-state index contributed by atoms with van der Waals surface area (Å²) in [6, 6.07) is 5.33. The Balaban J connectivity index is 1.83. The summed E-state index contributed by atoms with van der Waals surface area (Å²) in [7, 11) is -1.32. The molecule has 1 aromatic heterocycles. The topological polar surface area (TPSA) is 70.2 Å². The molecule has 0 saturated carbocycles. The number of hydrogen-bond donors (Lipinski definition) is 1. The molecule has 23 heavy (non-hydrogen) atoms. The van der Waals surface area contributed by atoms with Crippen LogP contribution in [0.3, 0.4) is 0 Å². The number of carbonyl (C=O) groups excluding carboxylic acids is 1. The van der Waals surface area contributed by atoms with E-state index in [0.717, 1.165) is 22.2 Å². The van der Waals surface area contributed by atoms with Crippen molar-refractivity contribution < 1.29 is 13.2 Å². The number of nitrogens with one attached hydrogen (secondary N) is 1. The second-order valence-corrected chi connectivity index (χ2v) is 8.82. The highest BCUT2D eigenvalue weighted by molar-refractivity contribution is 7.91. The Kier molecular flexibility index (Phi) is 4.14. The van der Waals surface area contributed by atoms with E-state index in [2.05, 4.69) is 4.98 Å². The average Bonchev–Trinajstić information content (AvgIpc) is 2.99. The molecule has 5 nitrogen and oxygen atoms in total. The number of aromatic amines is 1. The number of benzene rings is 1. The molecule has 1 aliphatic heterocycles. The largest absolute Gasteiger partial charge is 0.358 e. The van der Waals surface area contributed by atoms with Crippen LogP contribution in [0, 0.1) is 6.92 Å². The number of halogens is 1. The van der Waals surface area contributed by atoms with E-state index in [1.54, 1.807) is 18.0 Å². The quantitative estimate of drug-likeness (QED) is 0.919. The third kappa shape index (κ3) is 3.23. The summed E-state index contributed by atoms with van der Waals surface area (Å²) in [5.74, 6) is 0.154. The lowest BCUT2D eigenvalue weighted by Crippen LogP contribution is -2.38. The fourth-order valence-corrected chi connectivity index (χ4v) is 5.09. The van der Waals surface area contributed by atoms with Crippen molar-refractivity contribution >= 4 is 38.2 Å². The van der Waals surface area contributed by atoms with Crippen LogP contribution in [0.2, 0.25) is 5.02 Å². The van der Waals surface area contributed by atoms with Crippen LogP contribution in [0.15, 0.2) is 18.2 Å². The number of fused-ring (bicyclic) bond motifs is 1. The normalized spacial score (nSPS) is 20.0. The molecule has 7 heteroatoms. The number of likely N-dealkylation sites (N-methyl/N-ethyl adjacent to an activating group) is 1. The number of aromatic nitrogens is 1. The van der Waals surface area contributed by atoms with Gasteiger partial charge in [0.2, 0.25) is 5.91 Å². The zero-order valence-corrected chi connectivity index (χ0v) is 14.7. The third-order valence-corrected chi connectivity index (χ3v) is 6.54. The van der Waals surface area contributed by atoms with Gasteiger partial charge in [-0.3, -0.25) is 4.79 Å². The van der Waals surface area contributed by atoms with Crippen molar-refractivity contribution in [2.45, 2.75) is 25.8 Å². The first-order valence-corrected chi connectivity index (χ1v) is 9.69. The van der Waals surface area contributed by atoms with Gasteiger partial charge in [0.1, 0.15) is 0 Å². The molecule has 1 N–H and O–H groups in total. The lowest BCUT2D eigenvalue weighted by molar-refractivity contribution is -0.130. The minimum absolute atomic E-state index is 0.0634. The van der Waals surface area contributed by atoms with Crippen molar-refractivity contribution in [2.24, 2.45) is 0 Å². The van der Waals surface area contributed by atoms with Gasteiger partial charge in [-0.15, -0.1) is 0 Å². The molecular formula is C16H19ClN2O3S. The number of H-pyrrole nitrogens is 1. The van der Waals surface area contributed by atoms with Crippen molar-refractivity contribution in [3.05, 3.63) is 34.5 Å². The molecule has 1 saturated heterocycles. The smallest absolute Gasteiger partial charge is 0.227 e. The molecule has 0 spiro atoms. The summed E-state index contributed by atoms with van der Waals surface area (Å²) in [6.07, 6.45) is 0.752. The lowest BCUT2D eigenvalue weighted by Gasteiger charge is -2.23. The Morgan fingerprint density at radius 3 is 2.83 bits per heavy atom. The van der Waals surface area contributed by atoms with Crippen LogP contribution in [-0.2, 0) is 21.1 Å². The SMILES string of the molecule is Cc1[nH]c2ccc(Cl)cc2c1CC(=O)N(C)C1CCS(=O)(=O)C1. The van der Waals surface area contributed by atoms with Crippen LogP contribution in [-0.4, -0.2) is 48.8 Å². The molecule has 1 aliphatic rings. The summed E-state index contributed by atoms with van der Waals surface area (Å²) in [4.78, 5) is 17.4. The van der Waals surface area contributed by atoms with E-state index in [1.165, 1.54) is 0 Å². The third-order valence-electron chi connectivity index (χ3n) is 4.56. The number of rotatable bonds is 3. The fraction of sp³-hybridized carbons (Fsp3) is 0.438. The molecule has 1 fully saturated rings. The van der Waals surface area contributed by atoms with Gasteiger partial charge in [-0.1, -0.05) is 11.6 Å². The summed E-state index contributed by atoms with van der Waals surface area (Å²) >= 11 is 6.06. The highest BCUT2D eigenvalue weighted by Gasteiger charge is 2.32. The fourth-order valence-electron chi connectivity index (χ4n) is 3.14. The first kappa shape index (κ1) is 16.3. The predicted octanol–water partition coefficient (Wildman–Crippen LogP) is 2.32. The van der Waals surface area contributed by atoms with Crippen molar-refractivity contribution in [3.8, 4) is 0 Å². The molecule has 1 aromatic carbocycles. The molecule has 1 amide bonds. The first-order valence-electron chi connectivity index (χ1n) is 7.49. The van der Waals surface area contributed by atoms with Gasteiger partial charge >= 0.3 is 0 Å². The van der Waals surface area contributed by atoms with Crippen molar-refractivity contribution in [2.75, 3.05) is 18.6 Å². The Hall–Kier alpha value is -1.53. The maximum absolute atomic E-state index is 12.6. The van der Waals surface area contributed by atoms with Crippen LogP contribution in [0.4, 0.5) is 0 Å². The number of nitrogens with zero attached hydrogens (tertiary/aromatic N) is 1. The molecule has 0 radical (unpaired) electrons. The van der Waals surface area contributed by atoms with E-state index >= 15 is 0 Å². The molecule has 0 bridgehead atoms. The van der Waals surface area contributed by atoms with E-state index in [4.69, 9.17) is 11.6 Å². The van der Waals surface area contributed by atoms with Crippen LogP contribution < -0.4 is 0 Å². The number of carbonyl (C=O) groups is 1. The molecule has 124 valence electrons. The molecule has 1 unspecified atom stereocenters. The van der Waals surface area contributed by atoms with E-state index in [1.807, 2.05) is 19.1 Å². The summed E-state index contributed by atoms with van der Waals surface area (Å²) < 4.78 is 23.2. The maximum atomic E-state index is 12.6. The number of hydrogen-bond acceptors (Lipinski definition) is 3. The van der Waals surface area contributed by atoms with Gasteiger partial charge in [-0.05, 0) is 37.1 Å². The zero-order chi connectivity index (χ0) is 16.8. The standard InChI is InChI=1S/C16H19ClN2O3S/c1-10-13(14-7-11(17)3-4-15(14)18-10)8-16(20)19(2)12-5-6-23(21,22)9-12/h3-4,7,12,18H,5-6,8-9H2,1-2H3. The van der Waals surface area contributed by atoms with Crippen LogP contribution in [0.5, 0.6) is 0 Å². The Morgan fingerprint density at radius 2 is 2.17 bits per heavy atom. The van der Waals surface area contributed by atoms with E-state index in [9.17, 15) is 13.2 Å². The molecule has 0 aliphatic carbocycles. The summed E-state index contributed by atoms with van der Waals surface area (Å²) in [5.41, 5.74) is 2.80. The maximum Gasteiger partial charge on any atom is 0.227 e. The summed E-state index contributed by atoms with van der Waals surface area (Å²) in [6.45, 7) is 1.93. The number of amides is 1. The predicted molar refractivity (Wildman–Crippen MR) is 91.6 cm³/mol. The number of sulfone groups is 1. The zero-order valence-electron chi connectivity index (χ0n) is 13.1. The second-order valence-electron chi connectivity index (χ2n) is 6.16. The van der Waals surface area contributed by atoms with Gasteiger partial charge in [0, 0.05) is 34.7 Å². The Bertz CT molecular complexity index is 873. The molecule has 1 atom stereocenters. The van der Waals surface area contributed by atoms with Crippen molar-refractivity contribution in [1.82, 2.24) is 9.88 Å². The monoisotopic (exact) mass is 354 g/mol. The highest BCUT2D eigenvalue weighted by Crippen LogP contribution is 2.26. The molecular weight excluding hydrogens is 336 g/mol. The van der Waals surface area contributed by atoms with Gasteiger partial charge in [0.25, 0.3) is 0 Å². The van der Waals surface area contributed by atoms with Gasteiger partial charge in [-0.2, -0.15) is 0 Å². The minimum atomic E-state index is -3.00. The highest BCUT2D eigenvalue weighted by atomic mass is 35.5. The van der Waals surface area contributed by atoms with Gasteiger partial charge < -0.3 is 9.88 Å². The first-order chi connectivity index (χ1) is 10.8. The van der Waals surface area contributed by atoms with Crippen LogP contribution in [0.25, 0.3) is 10.9 Å². The Morgan fingerprint density at radius 1 is 1.43 bits per heavy atom. The summed E-state index contributed by atoms with van der Waals surface area (Å²) in [5, 5.41) is 1.57. The Labute approximate surface area is 140 Å². The van der Waals surface area contributed by atoms with Crippen molar-refractivity contribution in [3.63, 3.8) is 0 Å². The molecule has 2 heterocycles. The van der Waals surface area contributed by atoms with Crippen LogP contribution >= 0.6 is 11.6 Å². The van der Waals surface area contributed by atoms with Gasteiger partial charge in [0.05, 0.1) is 17.9 Å². The molecule has 2 aromatic rings. The lowest BCUT2D eigenvalue weighted by atomic mass is 10.1. The van der Waals surface area contributed by atoms with E-state index in [-0.39, 0.29) is 29.9 Å². The molecule has 3 rings (SSSR count). The second kappa shape index (κ2) is 5.83. The van der Waals surface area contributed by atoms with Gasteiger partial charge in [-0.25, -0.2) is 8.42 Å². The van der Waals surface area contributed by atoms with E-state index in [0.29, 0.717) is 11.4 Å². The van der Waals surface area contributed by atoms with Crippen LogP contribution in [0.1, 0.15) is 17.7 Å². The average molecular weight is 355 g/mol. The minimum Gasteiger partial charge on any atom is -0.358 e. The number of aryl methyl sites for hydroxylation is 1. The van der Waals surface area contributed by atoms with Crippen molar-refractivity contribution in [1.29, 1.82) is 0 Å². The van der Waals surface area contributed by atoms with Gasteiger partial charge in [0.15, 0.2) is 9.84 Å².